The van der Waals surface area contributed by atoms with Gasteiger partial charge in [0.25, 0.3) is 0 Å². The van der Waals surface area contributed by atoms with Gasteiger partial charge in [-0.1, -0.05) is 17.7 Å². The number of benzene rings is 1. The van der Waals surface area contributed by atoms with Crippen molar-refractivity contribution >= 4 is 17.3 Å². The minimum Gasteiger partial charge on any atom is -0.384 e. The second-order valence-corrected chi connectivity index (χ2v) is 4.87. The van der Waals surface area contributed by atoms with Gasteiger partial charge in [-0.3, -0.25) is 0 Å². The van der Waals surface area contributed by atoms with E-state index >= 15 is 0 Å². The summed E-state index contributed by atoms with van der Waals surface area (Å²) in [6.07, 6.45) is 2.56. The Morgan fingerprint density at radius 2 is 2.29 bits per heavy atom. The monoisotopic (exact) mass is 253 g/mol. The van der Waals surface area contributed by atoms with Gasteiger partial charge in [-0.25, -0.2) is 0 Å². The van der Waals surface area contributed by atoms with E-state index in [2.05, 4.69) is 16.0 Å². The zero-order valence-electron chi connectivity index (χ0n) is 10.0. The molecule has 3 nitrogen and oxygen atoms in total. The first-order valence-electron chi connectivity index (χ1n) is 6.28. The predicted octanol–water partition coefficient (Wildman–Crippen LogP) is 2.09. The van der Waals surface area contributed by atoms with Crippen LogP contribution in [0, 0.1) is 0 Å². The Hall–Kier alpha value is -0.770. The highest BCUT2D eigenvalue weighted by Crippen LogP contribution is 2.14. The van der Waals surface area contributed by atoms with Crippen LogP contribution >= 0.6 is 11.6 Å². The Morgan fingerprint density at radius 1 is 1.35 bits per heavy atom. The highest BCUT2D eigenvalue weighted by atomic mass is 35.5. The molecule has 1 aliphatic rings. The van der Waals surface area contributed by atoms with Crippen LogP contribution in [-0.4, -0.2) is 32.2 Å². The van der Waals surface area contributed by atoms with Gasteiger partial charge in [0.05, 0.1) is 0 Å². The molecule has 1 saturated heterocycles. The van der Waals surface area contributed by atoms with E-state index in [1.165, 1.54) is 19.4 Å². The molecule has 1 heterocycles. The topological polar surface area (TPSA) is 36.1 Å². The van der Waals surface area contributed by atoms with Crippen molar-refractivity contribution in [3.63, 3.8) is 0 Å². The van der Waals surface area contributed by atoms with Gasteiger partial charge in [0.2, 0.25) is 0 Å². The van der Waals surface area contributed by atoms with Crippen LogP contribution in [0.2, 0.25) is 5.02 Å². The third kappa shape index (κ3) is 4.54. The molecule has 2 rings (SSSR count). The molecule has 1 aliphatic heterocycles. The quantitative estimate of drug-likeness (QED) is 0.704. The van der Waals surface area contributed by atoms with Gasteiger partial charge < -0.3 is 16.0 Å². The molecule has 0 aliphatic carbocycles. The van der Waals surface area contributed by atoms with Crippen LogP contribution in [0.1, 0.15) is 12.8 Å². The second kappa shape index (κ2) is 6.84. The van der Waals surface area contributed by atoms with Crippen molar-refractivity contribution in [2.75, 3.05) is 31.5 Å². The molecule has 3 N–H and O–H groups in total. The molecular weight excluding hydrogens is 234 g/mol. The third-order valence-electron chi connectivity index (χ3n) is 3.01. The highest BCUT2D eigenvalue weighted by molar-refractivity contribution is 6.30. The van der Waals surface area contributed by atoms with Crippen LogP contribution < -0.4 is 16.0 Å². The van der Waals surface area contributed by atoms with E-state index in [1.54, 1.807) is 0 Å². The molecule has 1 fully saturated rings. The van der Waals surface area contributed by atoms with Crippen molar-refractivity contribution in [2.45, 2.75) is 18.9 Å². The zero-order chi connectivity index (χ0) is 11.9. The summed E-state index contributed by atoms with van der Waals surface area (Å²) >= 11 is 5.92. The summed E-state index contributed by atoms with van der Waals surface area (Å²) in [5.41, 5.74) is 1.08. The van der Waals surface area contributed by atoms with Gasteiger partial charge in [-0.15, -0.1) is 0 Å². The van der Waals surface area contributed by atoms with E-state index in [9.17, 15) is 0 Å². The number of piperidine rings is 1. The van der Waals surface area contributed by atoms with E-state index in [0.29, 0.717) is 6.04 Å². The first-order valence-corrected chi connectivity index (χ1v) is 6.66. The fourth-order valence-corrected chi connectivity index (χ4v) is 2.30. The van der Waals surface area contributed by atoms with Gasteiger partial charge in [0.15, 0.2) is 0 Å². The molecule has 0 amide bonds. The molecule has 1 aromatic carbocycles. The van der Waals surface area contributed by atoms with Gasteiger partial charge in [-0.2, -0.15) is 0 Å². The molecule has 17 heavy (non-hydrogen) atoms. The molecule has 0 aromatic heterocycles. The number of rotatable bonds is 5. The lowest BCUT2D eigenvalue weighted by atomic mass is 10.1. The van der Waals surface area contributed by atoms with Crippen molar-refractivity contribution in [1.29, 1.82) is 0 Å². The molecule has 0 spiro atoms. The summed E-state index contributed by atoms with van der Waals surface area (Å²) in [6.45, 7) is 4.17. The van der Waals surface area contributed by atoms with Gasteiger partial charge in [0, 0.05) is 36.4 Å². The van der Waals surface area contributed by atoms with Crippen molar-refractivity contribution in [3.05, 3.63) is 29.3 Å². The van der Waals surface area contributed by atoms with Crippen molar-refractivity contribution in [1.82, 2.24) is 10.6 Å². The minimum absolute atomic E-state index is 0.630. The molecule has 1 atom stereocenters. The largest absolute Gasteiger partial charge is 0.384 e. The lowest BCUT2D eigenvalue weighted by Crippen LogP contribution is -2.44. The maximum absolute atomic E-state index is 5.92. The highest BCUT2D eigenvalue weighted by Gasteiger charge is 2.10. The number of hydrogen-bond acceptors (Lipinski definition) is 3. The van der Waals surface area contributed by atoms with Crippen LogP contribution in [0.15, 0.2) is 24.3 Å². The van der Waals surface area contributed by atoms with Gasteiger partial charge in [0.1, 0.15) is 0 Å². The van der Waals surface area contributed by atoms with Crippen LogP contribution in [-0.2, 0) is 0 Å². The summed E-state index contributed by atoms with van der Waals surface area (Å²) in [5, 5.41) is 11.1. The van der Waals surface area contributed by atoms with Crippen molar-refractivity contribution in [2.24, 2.45) is 0 Å². The maximum Gasteiger partial charge on any atom is 0.0426 e. The normalized spacial score (nSPS) is 20.2. The second-order valence-electron chi connectivity index (χ2n) is 4.43. The molecule has 1 aromatic rings. The number of anilines is 1. The van der Waals surface area contributed by atoms with E-state index in [4.69, 9.17) is 11.6 Å². The van der Waals surface area contributed by atoms with E-state index < -0.39 is 0 Å². The standard InChI is InChI=1S/C13H20ClN3/c14-11-3-1-4-12(9-11)16-7-8-17-13-5-2-6-15-10-13/h1,3-4,9,13,15-17H,2,5-8,10H2/t13-/m1/s1. The summed E-state index contributed by atoms with van der Waals surface area (Å²) in [7, 11) is 0. The summed E-state index contributed by atoms with van der Waals surface area (Å²) in [5.74, 6) is 0. The minimum atomic E-state index is 0.630. The summed E-state index contributed by atoms with van der Waals surface area (Å²) < 4.78 is 0. The van der Waals surface area contributed by atoms with E-state index in [0.717, 1.165) is 30.3 Å². The number of nitrogens with one attached hydrogen (secondary N) is 3. The van der Waals surface area contributed by atoms with Crippen LogP contribution in [0.4, 0.5) is 5.69 Å². The Bertz CT molecular complexity index is 337. The number of halogens is 1. The Labute approximate surface area is 108 Å². The van der Waals surface area contributed by atoms with Crippen LogP contribution in [0.25, 0.3) is 0 Å². The first-order chi connectivity index (χ1) is 8.34. The van der Waals surface area contributed by atoms with E-state index in [-0.39, 0.29) is 0 Å². The zero-order valence-corrected chi connectivity index (χ0v) is 10.8. The summed E-state index contributed by atoms with van der Waals surface area (Å²) in [6, 6.07) is 8.46. The van der Waals surface area contributed by atoms with Crippen molar-refractivity contribution in [3.8, 4) is 0 Å². The average molecular weight is 254 g/mol. The molecule has 0 saturated carbocycles. The van der Waals surface area contributed by atoms with Crippen LogP contribution in [0.5, 0.6) is 0 Å². The lowest BCUT2D eigenvalue weighted by molar-refractivity contribution is 0.395. The van der Waals surface area contributed by atoms with Crippen molar-refractivity contribution < 1.29 is 0 Å². The SMILES string of the molecule is Clc1cccc(NCCN[C@@H]2CCCNC2)c1. The first kappa shape index (κ1) is 12.7. The van der Waals surface area contributed by atoms with Gasteiger partial charge >= 0.3 is 0 Å². The van der Waals surface area contributed by atoms with E-state index in [1.807, 2.05) is 24.3 Å². The predicted molar refractivity (Wildman–Crippen MR) is 73.8 cm³/mol. The average Bonchev–Trinajstić information content (AvgIpc) is 2.36. The molecule has 4 heteroatoms. The molecule has 0 unspecified atom stereocenters. The van der Waals surface area contributed by atoms with Crippen LogP contribution in [0.3, 0.4) is 0 Å². The molecule has 94 valence electrons. The summed E-state index contributed by atoms with van der Waals surface area (Å²) in [4.78, 5) is 0. The molecule has 0 radical (unpaired) electrons. The molecular formula is C13H20ClN3. The fraction of sp³-hybridized carbons (Fsp3) is 0.538. The Morgan fingerprint density at radius 3 is 3.06 bits per heavy atom. The lowest BCUT2D eigenvalue weighted by Gasteiger charge is -2.24. The Balaban J connectivity index is 1.62. The molecule has 0 bridgehead atoms. The Kier molecular flexibility index (Phi) is 5.10. The number of hydrogen-bond donors (Lipinski definition) is 3. The smallest absolute Gasteiger partial charge is 0.0426 e. The third-order valence-corrected chi connectivity index (χ3v) is 3.24. The van der Waals surface area contributed by atoms with Gasteiger partial charge in [-0.05, 0) is 37.6 Å². The fourth-order valence-electron chi connectivity index (χ4n) is 2.11. The maximum atomic E-state index is 5.92.